The van der Waals surface area contributed by atoms with Crippen molar-refractivity contribution in [1.29, 1.82) is 0 Å². The Morgan fingerprint density at radius 2 is 1.46 bits per heavy atom. The van der Waals surface area contributed by atoms with Crippen molar-refractivity contribution in [1.82, 2.24) is 4.90 Å². The Bertz CT molecular complexity index is 904. The number of nitrogens with one attached hydrogen (secondary N) is 1. The molecule has 0 spiro atoms. The number of hydrogen-bond acceptors (Lipinski definition) is 4. The number of anilines is 1. The summed E-state index contributed by atoms with van der Waals surface area (Å²) in [6.07, 6.45) is 2.19. The number of carbonyl (C=O) groups is 4. The number of nitrogens with two attached hydrogens (primary N) is 1. The molecule has 28 heavy (non-hydrogen) atoms. The second-order valence-corrected chi connectivity index (χ2v) is 6.58. The van der Waals surface area contributed by atoms with Crippen LogP contribution in [0.1, 0.15) is 56.8 Å². The molecule has 0 radical (unpaired) electrons. The summed E-state index contributed by atoms with van der Waals surface area (Å²) in [5.41, 5.74) is 6.84. The number of hydrogen-bond donors (Lipinski definition) is 2. The number of benzene rings is 2. The van der Waals surface area contributed by atoms with E-state index in [1.165, 1.54) is 4.90 Å². The number of amides is 4. The molecule has 0 aliphatic carbocycles. The van der Waals surface area contributed by atoms with Crippen LogP contribution in [0.2, 0.25) is 0 Å². The lowest BCUT2D eigenvalue weighted by molar-refractivity contribution is -0.116. The zero-order valence-electron chi connectivity index (χ0n) is 15.3. The molecule has 0 unspecified atom stereocenters. The third-order valence-corrected chi connectivity index (χ3v) is 4.63. The fourth-order valence-electron chi connectivity index (χ4n) is 3.19. The van der Waals surface area contributed by atoms with Gasteiger partial charge in [0.15, 0.2) is 0 Å². The second kappa shape index (κ2) is 8.47. The molecule has 2 aromatic rings. The van der Waals surface area contributed by atoms with E-state index in [1.807, 2.05) is 0 Å². The first-order valence-corrected chi connectivity index (χ1v) is 9.13. The first kappa shape index (κ1) is 19.3. The van der Waals surface area contributed by atoms with Crippen LogP contribution in [0.4, 0.5) is 5.69 Å². The standard InChI is InChI=1S/C21H21N3O4/c22-19(26)16-10-5-6-11-17(16)23-18(25)12-2-1-7-13-24-20(27)14-8-3-4-9-15(14)21(24)28/h3-6,8-11H,1-2,7,12-13H2,(H2,22,26)(H,23,25). The molecule has 2 aromatic carbocycles. The summed E-state index contributed by atoms with van der Waals surface area (Å²) in [5.74, 6) is -1.34. The molecule has 0 bridgehead atoms. The van der Waals surface area contributed by atoms with E-state index in [0.29, 0.717) is 42.6 Å². The lowest BCUT2D eigenvalue weighted by atomic mass is 10.1. The Kier molecular flexibility index (Phi) is 5.84. The van der Waals surface area contributed by atoms with Crippen LogP contribution < -0.4 is 11.1 Å². The number of nitrogens with zero attached hydrogens (tertiary/aromatic N) is 1. The van der Waals surface area contributed by atoms with Crippen molar-refractivity contribution in [3.8, 4) is 0 Å². The number of imide groups is 1. The first-order valence-electron chi connectivity index (χ1n) is 9.13. The summed E-state index contributed by atoms with van der Waals surface area (Å²) < 4.78 is 0. The molecular formula is C21H21N3O4. The van der Waals surface area contributed by atoms with Crippen LogP contribution in [-0.2, 0) is 4.79 Å². The smallest absolute Gasteiger partial charge is 0.261 e. The predicted octanol–water partition coefficient (Wildman–Crippen LogP) is 2.58. The fraction of sp³-hybridized carbons (Fsp3) is 0.238. The van der Waals surface area contributed by atoms with Crippen molar-refractivity contribution >= 4 is 29.3 Å². The molecule has 1 aliphatic rings. The Morgan fingerprint density at radius 1 is 0.857 bits per heavy atom. The van der Waals surface area contributed by atoms with Gasteiger partial charge in [0.05, 0.1) is 22.4 Å². The Morgan fingerprint density at radius 3 is 2.11 bits per heavy atom. The van der Waals surface area contributed by atoms with Crippen LogP contribution in [0.3, 0.4) is 0 Å². The van der Waals surface area contributed by atoms with Gasteiger partial charge >= 0.3 is 0 Å². The van der Waals surface area contributed by atoms with Crippen molar-refractivity contribution in [2.45, 2.75) is 25.7 Å². The van der Waals surface area contributed by atoms with Gasteiger partial charge < -0.3 is 11.1 Å². The van der Waals surface area contributed by atoms with Gasteiger partial charge in [0.1, 0.15) is 0 Å². The van der Waals surface area contributed by atoms with E-state index < -0.39 is 5.91 Å². The van der Waals surface area contributed by atoms with Crippen LogP contribution in [0.25, 0.3) is 0 Å². The molecule has 0 saturated heterocycles. The van der Waals surface area contributed by atoms with Gasteiger partial charge in [-0.05, 0) is 37.1 Å². The molecule has 0 atom stereocenters. The number of primary amides is 1. The highest BCUT2D eigenvalue weighted by molar-refractivity contribution is 6.21. The SMILES string of the molecule is NC(=O)c1ccccc1NC(=O)CCCCCN1C(=O)c2ccccc2C1=O. The number of para-hydroxylation sites is 1. The van der Waals surface area contributed by atoms with Crippen LogP contribution >= 0.6 is 0 Å². The molecule has 1 aliphatic heterocycles. The summed E-state index contributed by atoms with van der Waals surface area (Å²) in [7, 11) is 0. The minimum Gasteiger partial charge on any atom is -0.366 e. The van der Waals surface area contributed by atoms with Gasteiger partial charge in [0.2, 0.25) is 5.91 Å². The lowest BCUT2D eigenvalue weighted by Crippen LogP contribution is -2.30. The maximum Gasteiger partial charge on any atom is 0.261 e. The number of rotatable bonds is 8. The van der Waals surface area contributed by atoms with E-state index in [-0.39, 0.29) is 29.7 Å². The lowest BCUT2D eigenvalue weighted by Gasteiger charge is -2.13. The monoisotopic (exact) mass is 379 g/mol. The summed E-state index contributed by atoms with van der Waals surface area (Å²) in [6.45, 7) is 0.332. The molecular weight excluding hydrogens is 358 g/mol. The molecule has 7 nitrogen and oxygen atoms in total. The van der Waals surface area contributed by atoms with Crippen molar-refractivity contribution < 1.29 is 19.2 Å². The topological polar surface area (TPSA) is 110 Å². The van der Waals surface area contributed by atoms with Crippen molar-refractivity contribution in [2.75, 3.05) is 11.9 Å². The van der Waals surface area contributed by atoms with Crippen molar-refractivity contribution in [3.05, 3.63) is 65.2 Å². The molecule has 0 saturated carbocycles. The second-order valence-electron chi connectivity index (χ2n) is 6.58. The highest BCUT2D eigenvalue weighted by Crippen LogP contribution is 2.23. The van der Waals surface area contributed by atoms with E-state index in [4.69, 9.17) is 5.73 Å². The zero-order valence-corrected chi connectivity index (χ0v) is 15.3. The molecule has 3 N–H and O–H groups in total. The van der Waals surface area contributed by atoms with Gasteiger partial charge in [0.25, 0.3) is 17.7 Å². The quantitative estimate of drug-likeness (QED) is 0.542. The van der Waals surface area contributed by atoms with Gasteiger partial charge in [-0.15, -0.1) is 0 Å². The molecule has 0 aromatic heterocycles. The van der Waals surface area contributed by atoms with E-state index in [2.05, 4.69) is 5.32 Å². The highest BCUT2D eigenvalue weighted by atomic mass is 16.2. The molecule has 144 valence electrons. The zero-order chi connectivity index (χ0) is 20.1. The van der Waals surface area contributed by atoms with Crippen LogP contribution in [0.15, 0.2) is 48.5 Å². The molecule has 3 rings (SSSR count). The normalized spacial score (nSPS) is 12.8. The minimum absolute atomic E-state index is 0.213. The van der Waals surface area contributed by atoms with Crippen LogP contribution in [-0.4, -0.2) is 35.1 Å². The maximum atomic E-state index is 12.3. The van der Waals surface area contributed by atoms with Gasteiger partial charge in [-0.25, -0.2) is 0 Å². The Hall–Kier alpha value is -3.48. The predicted molar refractivity (Wildman–Crippen MR) is 104 cm³/mol. The maximum absolute atomic E-state index is 12.3. The van der Waals surface area contributed by atoms with Gasteiger partial charge in [-0.3, -0.25) is 24.1 Å². The summed E-state index contributed by atoms with van der Waals surface area (Å²) in [6, 6.07) is 13.4. The number of fused-ring (bicyclic) bond motifs is 1. The average molecular weight is 379 g/mol. The molecule has 0 fully saturated rings. The van der Waals surface area contributed by atoms with Crippen LogP contribution in [0, 0.1) is 0 Å². The number of carbonyl (C=O) groups excluding carboxylic acids is 4. The van der Waals surface area contributed by atoms with E-state index in [9.17, 15) is 19.2 Å². The van der Waals surface area contributed by atoms with Gasteiger partial charge in [-0.1, -0.05) is 30.7 Å². The van der Waals surface area contributed by atoms with Gasteiger partial charge in [-0.2, -0.15) is 0 Å². The van der Waals surface area contributed by atoms with E-state index >= 15 is 0 Å². The van der Waals surface area contributed by atoms with Crippen molar-refractivity contribution in [2.24, 2.45) is 5.73 Å². The van der Waals surface area contributed by atoms with Crippen molar-refractivity contribution in [3.63, 3.8) is 0 Å². The van der Waals surface area contributed by atoms with Crippen LogP contribution in [0.5, 0.6) is 0 Å². The van der Waals surface area contributed by atoms with E-state index in [0.717, 1.165) is 0 Å². The fourth-order valence-corrected chi connectivity index (χ4v) is 3.19. The number of unbranched alkanes of at least 4 members (excludes halogenated alkanes) is 2. The third kappa shape index (κ3) is 4.09. The minimum atomic E-state index is -0.600. The average Bonchev–Trinajstić information content (AvgIpc) is 2.93. The summed E-state index contributed by atoms with van der Waals surface area (Å²) in [5, 5.41) is 2.69. The third-order valence-electron chi connectivity index (χ3n) is 4.63. The summed E-state index contributed by atoms with van der Waals surface area (Å²) in [4.78, 5) is 49.3. The molecule has 1 heterocycles. The highest BCUT2D eigenvalue weighted by Gasteiger charge is 2.34. The Labute approximate surface area is 162 Å². The largest absolute Gasteiger partial charge is 0.366 e. The van der Waals surface area contributed by atoms with Gasteiger partial charge in [0, 0.05) is 13.0 Å². The molecule has 7 heteroatoms. The Balaban J connectivity index is 1.42. The first-order chi connectivity index (χ1) is 13.5. The molecule has 4 amide bonds. The summed E-state index contributed by atoms with van der Waals surface area (Å²) >= 11 is 0. The van der Waals surface area contributed by atoms with E-state index in [1.54, 1.807) is 48.5 Å².